The first-order valence-electron chi connectivity index (χ1n) is 7.84. The number of ether oxygens (including phenoxy) is 1. The summed E-state index contributed by atoms with van der Waals surface area (Å²) >= 11 is 3.37. The van der Waals surface area contributed by atoms with Gasteiger partial charge in [-0.3, -0.25) is 14.4 Å². The van der Waals surface area contributed by atoms with Crippen molar-refractivity contribution in [3.05, 3.63) is 33.8 Å². The number of benzene rings is 1. The van der Waals surface area contributed by atoms with Crippen LogP contribution in [0.5, 0.6) is 0 Å². The third-order valence-corrected chi connectivity index (χ3v) is 4.30. The standard InChI is InChI=1S/C17H21BrN2O4/c1-10(2)9-24-15(21)6-5-14(16(19)22)20-8-11-7-12(18)3-4-13(11)17(20)23/h3-4,7,10,14H,5-6,8-9H2,1-2H3,(H2,19,22)/t14-/m0/s1. The zero-order chi connectivity index (χ0) is 17.9. The minimum atomic E-state index is -0.824. The molecule has 7 heteroatoms. The van der Waals surface area contributed by atoms with Gasteiger partial charge in [-0.05, 0) is 36.1 Å². The van der Waals surface area contributed by atoms with Crippen LogP contribution in [0.2, 0.25) is 0 Å². The van der Waals surface area contributed by atoms with Gasteiger partial charge in [0.05, 0.1) is 6.61 Å². The summed E-state index contributed by atoms with van der Waals surface area (Å²) in [7, 11) is 0. The smallest absolute Gasteiger partial charge is 0.305 e. The van der Waals surface area contributed by atoms with Gasteiger partial charge < -0.3 is 15.4 Å². The molecule has 2 N–H and O–H groups in total. The largest absolute Gasteiger partial charge is 0.465 e. The van der Waals surface area contributed by atoms with Crippen molar-refractivity contribution >= 4 is 33.7 Å². The lowest BCUT2D eigenvalue weighted by molar-refractivity contribution is -0.145. The number of primary amides is 1. The van der Waals surface area contributed by atoms with Crippen molar-refractivity contribution in [3.8, 4) is 0 Å². The van der Waals surface area contributed by atoms with Crippen LogP contribution in [-0.4, -0.2) is 35.3 Å². The fraction of sp³-hybridized carbons (Fsp3) is 0.471. The molecule has 1 atom stereocenters. The minimum Gasteiger partial charge on any atom is -0.465 e. The molecule has 1 aliphatic rings. The highest BCUT2D eigenvalue weighted by Gasteiger charge is 2.35. The molecule has 0 saturated heterocycles. The fourth-order valence-corrected chi connectivity index (χ4v) is 3.01. The van der Waals surface area contributed by atoms with E-state index in [1.54, 1.807) is 12.1 Å². The molecular weight excluding hydrogens is 376 g/mol. The average Bonchev–Trinajstić information content (AvgIpc) is 2.81. The lowest BCUT2D eigenvalue weighted by atomic mass is 10.1. The van der Waals surface area contributed by atoms with Gasteiger partial charge in [0.1, 0.15) is 6.04 Å². The maximum Gasteiger partial charge on any atom is 0.305 e. The fourth-order valence-electron chi connectivity index (χ4n) is 2.60. The topological polar surface area (TPSA) is 89.7 Å². The van der Waals surface area contributed by atoms with Gasteiger partial charge in [-0.1, -0.05) is 29.8 Å². The summed E-state index contributed by atoms with van der Waals surface area (Å²) in [5.41, 5.74) is 6.86. The van der Waals surface area contributed by atoms with Crippen LogP contribution in [0.3, 0.4) is 0 Å². The maximum absolute atomic E-state index is 12.5. The van der Waals surface area contributed by atoms with E-state index in [1.165, 1.54) is 4.90 Å². The second kappa shape index (κ2) is 7.79. The molecule has 0 saturated carbocycles. The third-order valence-electron chi connectivity index (χ3n) is 3.80. The molecule has 0 radical (unpaired) electrons. The Morgan fingerprint density at radius 3 is 2.71 bits per heavy atom. The van der Waals surface area contributed by atoms with Crippen LogP contribution < -0.4 is 5.73 Å². The number of fused-ring (bicyclic) bond motifs is 1. The first-order chi connectivity index (χ1) is 11.3. The van der Waals surface area contributed by atoms with Gasteiger partial charge in [0, 0.05) is 23.0 Å². The molecule has 2 amide bonds. The number of nitrogens with zero attached hydrogens (tertiary/aromatic N) is 1. The van der Waals surface area contributed by atoms with Crippen molar-refractivity contribution in [2.24, 2.45) is 11.7 Å². The molecule has 0 spiro atoms. The monoisotopic (exact) mass is 396 g/mol. The first-order valence-corrected chi connectivity index (χ1v) is 8.63. The summed E-state index contributed by atoms with van der Waals surface area (Å²) in [6.07, 6.45) is 0.206. The number of nitrogens with two attached hydrogens (primary N) is 1. The SMILES string of the molecule is CC(C)COC(=O)CC[C@@H](C(N)=O)N1Cc2cc(Br)ccc2C1=O. The molecule has 1 aliphatic heterocycles. The normalized spacial score (nSPS) is 14.7. The molecule has 130 valence electrons. The second-order valence-corrected chi connectivity index (χ2v) is 7.18. The summed E-state index contributed by atoms with van der Waals surface area (Å²) in [6.45, 7) is 4.53. The minimum absolute atomic E-state index is 0.0458. The van der Waals surface area contributed by atoms with Crippen molar-refractivity contribution in [2.45, 2.75) is 39.3 Å². The Labute approximate surface area is 149 Å². The molecular formula is C17H21BrN2O4. The van der Waals surface area contributed by atoms with Crippen LogP contribution in [0.15, 0.2) is 22.7 Å². The molecule has 0 unspecified atom stereocenters. The van der Waals surface area contributed by atoms with E-state index in [2.05, 4.69) is 15.9 Å². The van der Waals surface area contributed by atoms with Crippen molar-refractivity contribution in [3.63, 3.8) is 0 Å². The van der Waals surface area contributed by atoms with E-state index < -0.39 is 11.9 Å². The van der Waals surface area contributed by atoms with E-state index in [-0.39, 0.29) is 30.6 Å². The maximum atomic E-state index is 12.5. The number of halogens is 1. The van der Waals surface area contributed by atoms with Gasteiger partial charge in [-0.15, -0.1) is 0 Å². The molecule has 1 aromatic carbocycles. The predicted octanol–water partition coefficient (Wildman–Crippen LogP) is 2.24. The molecule has 2 rings (SSSR count). The van der Waals surface area contributed by atoms with Crippen LogP contribution >= 0.6 is 15.9 Å². The van der Waals surface area contributed by atoms with Gasteiger partial charge in [0.25, 0.3) is 5.91 Å². The Balaban J connectivity index is 2.03. The zero-order valence-electron chi connectivity index (χ0n) is 13.8. The van der Waals surface area contributed by atoms with E-state index in [9.17, 15) is 14.4 Å². The third kappa shape index (κ3) is 4.35. The van der Waals surface area contributed by atoms with Crippen molar-refractivity contribution in [1.29, 1.82) is 0 Å². The molecule has 0 bridgehead atoms. The first kappa shape index (κ1) is 18.4. The van der Waals surface area contributed by atoms with Crippen LogP contribution in [0.1, 0.15) is 42.6 Å². The van der Waals surface area contributed by atoms with E-state index in [0.717, 1.165) is 10.0 Å². The molecule has 24 heavy (non-hydrogen) atoms. The summed E-state index contributed by atoms with van der Waals surface area (Å²) in [5, 5.41) is 0. The highest BCUT2D eigenvalue weighted by Crippen LogP contribution is 2.28. The van der Waals surface area contributed by atoms with E-state index in [4.69, 9.17) is 10.5 Å². The summed E-state index contributed by atoms with van der Waals surface area (Å²) in [4.78, 5) is 37.5. The van der Waals surface area contributed by atoms with Gasteiger partial charge >= 0.3 is 5.97 Å². The van der Waals surface area contributed by atoms with Crippen LogP contribution in [-0.2, 0) is 20.9 Å². The second-order valence-electron chi connectivity index (χ2n) is 6.27. The van der Waals surface area contributed by atoms with Crippen LogP contribution in [0.4, 0.5) is 0 Å². The van der Waals surface area contributed by atoms with Crippen molar-refractivity contribution in [1.82, 2.24) is 4.90 Å². The predicted molar refractivity (Wildman–Crippen MR) is 92.0 cm³/mol. The highest BCUT2D eigenvalue weighted by atomic mass is 79.9. The summed E-state index contributed by atoms with van der Waals surface area (Å²) < 4.78 is 5.96. The number of esters is 1. The van der Waals surface area contributed by atoms with E-state index in [0.29, 0.717) is 18.7 Å². The van der Waals surface area contributed by atoms with Gasteiger partial charge in [-0.25, -0.2) is 0 Å². The molecule has 1 aromatic rings. The van der Waals surface area contributed by atoms with E-state index in [1.807, 2.05) is 19.9 Å². The number of amides is 2. The molecule has 0 fully saturated rings. The Morgan fingerprint density at radius 2 is 2.08 bits per heavy atom. The Bertz CT molecular complexity index is 660. The van der Waals surface area contributed by atoms with Crippen LogP contribution in [0, 0.1) is 5.92 Å². The summed E-state index contributed by atoms with van der Waals surface area (Å²) in [5.74, 6) is -1.00. The number of carbonyl (C=O) groups is 3. The molecule has 0 aliphatic carbocycles. The van der Waals surface area contributed by atoms with Gasteiger partial charge in [0.2, 0.25) is 5.91 Å². The molecule has 0 aromatic heterocycles. The Hall–Kier alpha value is -1.89. The number of rotatable bonds is 7. The van der Waals surface area contributed by atoms with Gasteiger partial charge in [-0.2, -0.15) is 0 Å². The zero-order valence-corrected chi connectivity index (χ0v) is 15.3. The summed E-state index contributed by atoms with van der Waals surface area (Å²) in [6, 6.07) is 4.53. The quantitative estimate of drug-likeness (QED) is 0.715. The Morgan fingerprint density at radius 1 is 1.38 bits per heavy atom. The molecule has 6 nitrogen and oxygen atoms in total. The number of carbonyl (C=O) groups excluding carboxylic acids is 3. The lowest BCUT2D eigenvalue weighted by Gasteiger charge is -2.24. The van der Waals surface area contributed by atoms with Crippen molar-refractivity contribution < 1.29 is 19.1 Å². The van der Waals surface area contributed by atoms with E-state index >= 15 is 0 Å². The molecule has 1 heterocycles. The van der Waals surface area contributed by atoms with Crippen molar-refractivity contribution in [2.75, 3.05) is 6.61 Å². The van der Waals surface area contributed by atoms with Crippen LogP contribution in [0.25, 0.3) is 0 Å². The lowest BCUT2D eigenvalue weighted by Crippen LogP contribution is -2.45. The van der Waals surface area contributed by atoms with Gasteiger partial charge in [0.15, 0.2) is 0 Å². The Kier molecular flexibility index (Phi) is 5.99. The average molecular weight is 397 g/mol. The highest BCUT2D eigenvalue weighted by molar-refractivity contribution is 9.10. The number of hydrogen-bond acceptors (Lipinski definition) is 4. The number of hydrogen-bond donors (Lipinski definition) is 1.